The Morgan fingerprint density at radius 3 is 3.50 bits per heavy atom. The number of anilines is 1. The van der Waals surface area contributed by atoms with Crippen LogP contribution in [0.2, 0.25) is 0 Å². The Hall–Kier alpha value is -0.830. The van der Waals surface area contributed by atoms with E-state index in [0.29, 0.717) is 0 Å². The van der Waals surface area contributed by atoms with Gasteiger partial charge in [-0.15, -0.1) is 11.3 Å². The second-order valence-corrected chi connectivity index (χ2v) is 2.49. The molecule has 2 rings (SSSR count). The molecule has 1 radical (unpaired) electrons. The Morgan fingerprint density at radius 1 is 1.62 bits per heavy atom. The molecule has 1 aliphatic rings. The lowest BCUT2D eigenvalue weighted by molar-refractivity contribution is 1.27. The van der Waals surface area contributed by atoms with Crippen LogP contribution < -0.4 is 10.5 Å². The lowest BCUT2D eigenvalue weighted by atomic mass is 10.4. The van der Waals surface area contributed by atoms with Gasteiger partial charge < -0.3 is 0 Å². The number of fused-ring (bicyclic) bond motifs is 1. The third-order valence-corrected chi connectivity index (χ3v) is 1.90. The maximum atomic E-state index is 3.85. The van der Waals surface area contributed by atoms with E-state index in [1.807, 2.05) is 17.7 Å². The van der Waals surface area contributed by atoms with E-state index in [4.69, 9.17) is 0 Å². The van der Waals surface area contributed by atoms with Crippen LogP contribution in [0, 0.1) is 0 Å². The van der Waals surface area contributed by atoms with Gasteiger partial charge in [0.05, 0.1) is 5.56 Å². The van der Waals surface area contributed by atoms with Crippen LogP contribution in [-0.2, 0) is 0 Å². The third-order valence-electron chi connectivity index (χ3n) is 1.07. The maximum Gasteiger partial charge on any atom is 0.285 e. The largest absolute Gasteiger partial charge is 0.285 e. The molecule has 1 aliphatic heterocycles. The predicted molar refractivity (Wildman–Crippen MR) is 35.2 cm³/mol. The minimum absolute atomic E-state index is 1.16. The molecule has 1 aromatic rings. The van der Waals surface area contributed by atoms with Crippen LogP contribution in [0.4, 0.5) is 5.00 Å². The first kappa shape index (κ1) is 4.09. The summed E-state index contributed by atoms with van der Waals surface area (Å²) in [6, 6.07) is 2.05. The average Bonchev–Trinajstić information content (AvgIpc) is 2.15. The molecule has 0 saturated carbocycles. The second-order valence-electron chi connectivity index (χ2n) is 1.58. The van der Waals surface area contributed by atoms with Gasteiger partial charge in [-0.2, -0.15) is 0 Å². The van der Waals surface area contributed by atoms with Gasteiger partial charge in [-0.3, -0.25) is 0 Å². The molecule has 0 aromatic carbocycles. The summed E-state index contributed by atoms with van der Waals surface area (Å²) in [4.78, 5) is 0. The van der Waals surface area contributed by atoms with E-state index in [9.17, 15) is 0 Å². The van der Waals surface area contributed by atoms with E-state index in [-0.39, 0.29) is 0 Å². The molecule has 0 spiro atoms. The Kier molecular flexibility index (Phi) is 0.676. The highest BCUT2D eigenvalue weighted by atomic mass is 32.1. The highest BCUT2D eigenvalue weighted by Gasteiger charge is 2.14. The van der Waals surface area contributed by atoms with Crippen LogP contribution in [0.25, 0.3) is 0 Å². The van der Waals surface area contributed by atoms with Gasteiger partial charge in [0.15, 0.2) is 10.1 Å². The van der Waals surface area contributed by atoms with Crippen molar-refractivity contribution in [3.63, 3.8) is 0 Å². The molecule has 1 aromatic heterocycles. The summed E-state index contributed by atoms with van der Waals surface area (Å²) < 4.78 is 0. The third kappa shape index (κ3) is 0.391. The maximum absolute atomic E-state index is 3.85. The Morgan fingerprint density at radius 2 is 2.62 bits per heavy atom. The molecule has 8 heavy (non-hydrogen) atoms. The lowest BCUT2D eigenvalue weighted by Crippen LogP contribution is -1.90. The first-order valence-electron chi connectivity index (χ1n) is 2.33. The smallest absolute Gasteiger partial charge is 0.120 e. The van der Waals surface area contributed by atoms with Crippen LogP contribution in [0.3, 0.4) is 0 Å². The van der Waals surface area contributed by atoms with E-state index in [0.717, 1.165) is 5.00 Å². The van der Waals surface area contributed by atoms with E-state index in [1.165, 1.54) is 5.56 Å². The van der Waals surface area contributed by atoms with Crippen molar-refractivity contribution >= 4 is 22.6 Å². The molecule has 0 amide bonds. The Balaban J connectivity index is 2.67. The number of nitrogens with one attached hydrogen (secondary N) is 1. The van der Waals surface area contributed by atoms with Crippen molar-refractivity contribution in [1.82, 2.24) is 5.10 Å². The van der Waals surface area contributed by atoms with Crippen LogP contribution in [0.15, 0.2) is 11.4 Å². The lowest BCUT2D eigenvalue weighted by Gasteiger charge is -1.72. The molecule has 0 bridgehead atoms. The summed E-state index contributed by atoms with van der Waals surface area (Å²) in [5.41, 5.74) is 4.07. The van der Waals surface area contributed by atoms with Gasteiger partial charge in [0.2, 0.25) is 0 Å². The van der Waals surface area contributed by atoms with Crippen molar-refractivity contribution in [2.75, 3.05) is 5.43 Å². The number of nitrogens with zero attached hydrogens (tertiary/aromatic N) is 1. The van der Waals surface area contributed by atoms with Crippen molar-refractivity contribution in [2.24, 2.45) is 0 Å². The second kappa shape index (κ2) is 1.32. The van der Waals surface area contributed by atoms with Gasteiger partial charge in [0.1, 0.15) is 0 Å². The molecule has 3 heteroatoms. The first-order chi connectivity index (χ1) is 3.97. The first-order valence-corrected chi connectivity index (χ1v) is 3.21. The monoisotopic (exact) mass is 124 g/mol. The van der Waals surface area contributed by atoms with Crippen molar-refractivity contribution in [3.05, 3.63) is 17.0 Å². The zero-order chi connectivity index (χ0) is 5.40. The fraction of sp³-hybridized carbons (Fsp3) is 0. The highest BCUT2D eigenvalue weighted by Crippen LogP contribution is 2.21. The molecule has 0 aliphatic carbocycles. The standard InChI is InChI=1S/C5H4N2S/c1-2-8-5-4(1)3-6-7-5/h1-3,7H/q+1. The molecule has 39 valence electrons. The van der Waals surface area contributed by atoms with Gasteiger partial charge in [-0.05, 0) is 11.4 Å². The molecule has 1 N–H and O–H groups in total. The Labute approximate surface area is 50.8 Å². The summed E-state index contributed by atoms with van der Waals surface area (Å²) in [6.07, 6.45) is 1.83. The topological polar surface area (TPSA) is 26.1 Å². The minimum atomic E-state index is 1.16. The summed E-state index contributed by atoms with van der Waals surface area (Å²) in [5.74, 6) is 0. The fourth-order valence-electron chi connectivity index (χ4n) is 0.672. The average molecular weight is 124 g/mol. The molecule has 2 heterocycles. The minimum Gasteiger partial charge on any atom is -0.120 e. The van der Waals surface area contributed by atoms with Crippen LogP contribution in [0.5, 0.6) is 0 Å². The van der Waals surface area contributed by atoms with Crippen LogP contribution in [0.1, 0.15) is 5.56 Å². The molecule has 2 nitrogen and oxygen atoms in total. The van der Waals surface area contributed by atoms with Gasteiger partial charge in [0.25, 0.3) is 6.21 Å². The van der Waals surface area contributed by atoms with Crippen LogP contribution >= 0.6 is 11.3 Å². The summed E-state index contributed by atoms with van der Waals surface area (Å²) in [5, 5.41) is 7.05. The summed E-state index contributed by atoms with van der Waals surface area (Å²) >= 11 is 1.68. The van der Waals surface area contributed by atoms with Crippen molar-refractivity contribution < 1.29 is 0 Å². The van der Waals surface area contributed by atoms with Crippen molar-refractivity contribution in [3.8, 4) is 0 Å². The van der Waals surface area contributed by atoms with Gasteiger partial charge in [0, 0.05) is 0 Å². The highest BCUT2D eigenvalue weighted by molar-refractivity contribution is 7.14. The SMILES string of the molecule is C1=[N+]Nc2sccc21. The molecular weight excluding hydrogens is 120 g/mol. The molecule has 0 saturated heterocycles. The van der Waals surface area contributed by atoms with Crippen molar-refractivity contribution in [1.29, 1.82) is 0 Å². The number of thiophene rings is 1. The number of rotatable bonds is 0. The number of hydrogen-bond donors (Lipinski definition) is 1. The van der Waals surface area contributed by atoms with Gasteiger partial charge in [-0.1, -0.05) is 5.43 Å². The van der Waals surface area contributed by atoms with Gasteiger partial charge >= 0.3 is 0 Å². The number of hydrazone groups is 1. The molecule has 0 fully saturated rings. The van der Waals surface area contributed by atoms with E-state index < -0.39 is 0 Å². The molecule has 0 unspecified atom stereocenters. The Bertz CT molecular complexity index is 226. The summed E-state index contributed by atoms with van der Waals surface area (Å²) in [6.45, 7) is 0. The quantitative estimate of drug-likeness (QED) is 0.545. The predicted octanol–water partition coefficient (Wildman–Crippen LogP) is 0.843. The zero-order valence-corrected chi connectivity index (χ0v) is 4.90. The molecular formula is C5H4N2S+. The van der Waals surface area contributed by atoms with E-state index in [1.54, 1.807) is 11.3 Å². The zero-order valence-electron chi connectivity index (χ0n) is 4.09. The van der Waals surface area contributed by atoms with Crippen molar-refractivity contribution in [2.45, 2.75) is 0 Å². The fourth-order valence-corrected chi connectivity index (χ4v) is 1.39. The van der Waals surface area contributed by atoms with Crippen LogP contribution in [-0.4, -0.2) is 6.21 Å². The van der Waals surface area contributed by atoms with Gasteiger partial charge in [-0.25, -0.2) is 0 Å². The number of hydrogen-bond acceptors (Lipinski definition) is 3. The van der Waals surface area contributed by atoms with E-state index >= 15 is 0 Å². The van der Waals surface area contributed by atoms with E-state index in [2.05, 4.69) is 10.5 Å². The normalized spacial score (nSPS) is 13.5. The summed E-state index contributed by atoms with van der Waals surface area (Å²) in [7, 11) is 0. The molecule has 0 atom stereocenters.